The maximum absolute atomic E-state index is 11.7. The molecule has 0 aliphatic rings. The van der Waals surface area contributed by atoms with Crippen molar-refractivity contribution in [1.82, 2.24) is 5.32 Å². The molecule has 1 amide bonds. The third-order valence-electron chi connectivity index (χ3n) is 2.79. The van der Waals surface area contributed by atoms with Crippen LogP contribution in [0.2, 0.25) is 0 Å². The number of ether oxygens (including phenoxy) is 3. The monoisotopic (exact) mass is 282 g/mol. The lowest BCUT2D eigenvalue weighted by molar-refractivity contribution is -0.121. The van der Waals surface area contributed by atoms with E-state index in [1.807, 2.05) is 0 Å². The van der Waals surface area contributed by atoms with Gasteiger partial charge in [-0.15, -0.1) is 0 Å². The summed E-state index contributed by atoms with van der Waals surface area (Å²) in [6, 6.07) is 3.32. The largest absolute Gasteiger partial charge is 0.496 e. The highest BCUT2D eigenvalue weighted by Gasteiger charge is 2.14. The molecule has 0 heterocycles. The number of nitrogens with two attached hydrogens (primary N) is 1. The second-order valence-corrected chi connectivity index (χ2v) is 4.47. The predicted octanol–water partition coefficient (Wildman–Crippen LogP) is 1.07. The summed E-state index contributed by atoms with van der Waals surface area (Å²) in [7, 11) is 4.68. The third-order valence-corrected chi connectivity index (χ3v) is 2.79. The number of amides is 1. The van der Waals surface area contributed by atoms with Crippen LogP contribution in [0.15, 0.2) is 12.1 Å². The first kappa shape index (κ1) is 16.1. The van der Waals surface area contributed by atoms with Crippen LogP contribution < -0.4 is 25.3 Å². The maximum atomic E-state index is 11.7. The minimum atomic E-state index is -0.172. The Bertz CT molecular complexity index is 435. The second kappa shape index (κ2) is 7.59. The minimum Gasteiger partial charge on any atom is -0.496 e. The van der Waals surface area contributed by atoms with Gasteiger partial charge in [0, 0.05) is 24.6 Å². The zero-order valence-electron chi connectivity index (χ0n) is 12.4. The van der Waals surface area contributed by atoms with Crippen molar-refractivity contribution in [1.29, 1.82) is 0 Å². The van der Waals surface area contributed by atoms with Gasteiger partial charge in [-0.3, -0.25) is 4.79 Å². The number of carbonyl (C=O) groups is 1. The van der Waals surface area contributed by atoms with Gasteiger partial charge < -0.3 is 25.3 Å². The number of hydrogen-bond donors (Lipinski definition) is 2. The van der Waals surface area contributed by atoms with E-state index in [-0.39, 0.29) is 18.4 Å². The molecule has 1 aromatic rings. The quantitative estimate of drug-likeness (QED) is 0.781. The molecule has 0 spiro atoms. The van der Waals surface area contributed by atoms with Gasteiger partial charge in [0.25, 0.3) is 0 Å². The summed E-state index contributed by atoms with van der Waals surface area (Å²) < 4.78 is 15.8. The van der Waals surface area contributed by atoms with Crippen molar-refractivity contribution in [3.05, 3.63) is 17.7 Å². The minimum absolute atomic E-state index is 0.111. The molecule has 6 heteroatoms. The van der Waals surface area contributed by atoms with Crippen LogP contribution in [0, 0.1) is 0 Å². The lowest BCUT2D eigenvalue weighted by Gasteiger charge is -2.16. The van der Waals surface area contributed by atoms with Crippen LogP contribution in [-0.4, -0.2) is 33.3 Å². The van der Waals surface area contributed by atoms with Crippen LogP contribution in [0.1, 0.15) is 18.9 Å². The standard InChI is InChI=1S/C14H22N2O4/c1-9(15)5-14(17)16-8-11-12(19-3)6-10(18-2)7-13(11)20-4/h6-7,9H,5,8,15H2,1-4H3,(H,16,17)/t9-/m0/s1. The zero-order chi connectivity index (χ0) is 15.1. The highest BCUT2D eigenvalue weighted by molar-refractivity contribution is 5.76. The SMILES string of the molecule is COc1cc(OC)c(CNC(=O)C[C@H](C)N)c(OC)c1. The molecule has 0 unspecified atom stereocenters. The zero-order valence-corrected chi connectivity index (χ0v) is 12.4. The molecule has 1 aromatic carbocycles. The summed E-state index contributed by atoms with van der Waals surface area (Å²) in [6.45, 7) is 2.09. The van der Waals surface area contributed by atoms with Crippen molar-refractivity contribution in [2.45, 2.75) is 25.9 Å². The van der Waals surface area contributed by atoms with Gasteiger partial charge in [-0.2, -0.15) is 0 Å². The lowest BCUT2D eigenvalue weighted by atomic mass is 10.1. The Labute approximate surface area is 119 Å². The number of methoxy groups -OCH3 is 3. The van der Waals surface area contributed by atoms with Crippen LogP contribution in [0.3, 0.4) is 0 Å². The van der Waals surface area contributed by atoms with Crippen LogP contribution >= 0.6 is 0 Å². The Hall–Kier alpha value is -1.95. The predicted molar refractivity (Wildman–Crippen MR) is 76.2 cm³/mol. The highest BCUT2D eigenvalue weighted by Crippen LogP contribution is 2.33. The Kier molecular flexibility index (Phi) is 6.11. The average molecular weight is 282 g/mol. The van der Waals surface area contributed by atoms with Crippen molar-refractivity contribution < 1.29 is 19.0 Å². The fraction of sp³-hybridized carbons (Fsp3) is 0.500. The first-order chi connectivity index (χ1) is 9.51. The Morgan fingerprint density at radius 3 is 2.15 bits per heavy atom. The van der Waals surface area contributed by atoms with Gasteiger partial charge in [0.2, 0.25) is 5.91 Å². The molecule has 0 aliphatic heterocycles. The molecule has 0 fully saturated rings. The van der Waals surface area contributed by atoms with Gasteiger partial charge in [0.05, 0.1) is 33.4 Å². The fourth-order valence-electron chi connectivity index (χ4n) is 1.80. The van der Waals surface area contributed by atoms with Crippen LogP contribution in [-0.2, 0) is 11.3 Å². The van der Waals surface area contributed by atoms with Gasteiger partial charge in [-0.1, -0.05) is 0 Å². The molecule has 20 heavy (non-hydrogen) atoms. The molecule has 0 aromatic heterocycles. The van der Waals surface area contributed by atoms with Gasteiger partial charge in [-0.05, 0) is 6.92 Å². The van der Waals surface area contributed by atoms with E-state index in [1.165, 1.54) is 0 Å². The molecule has 6 nitrogen and oxygen atoms in total. The fourth-order valence-corrected chi connectivity index (χ4v) is 1.80. The molecule has 0 bridgehead atoms. The Morgan fingerprint density at radius 1 is 1.20 bits per heavy atom. The summed E-state index contributed by atoms with van der Waals surface area (Å²) in [5.74, 6) is 1.72. The van der Waals surface area contributed by atoms with E-state index in [2.05, 4.69) is 5.32 Å². The molecule has 112 valence electrons. The van der Waals surface area contributed by atoms with Gasteiger partial charge in [0.1, 0.15) is 17.2 Å². The number of carbonyl (C=O) groups excluding carboxylic acids is 1. The summed E-state index contributed by atoms with van der Waals surface area (Å²) in [5, 5.41) is 2.80. The molecule has 0 radical (unpaired) electrons. The molecule has 1 rings (SSSR count). The molecule has 0 saturated carbocycles. The summed E-state index contributed by atoms with van der Waals surface area (Å²) in [4.78, 5) is 11.7. The van der Waals surface area contributed by atoms with E-state index < -0.39 is 0 Å². The molecular weight excluding hydrogens is 260 g/mol. The first-order valence-electron chi connectivity index (χ1n) is 6.33. The van der Waals surface area contributed by atoms with Crippen LogP contribution in [0.5, 0.6) is 17.2 Å². The lowest BCUT2D eigenvalue weighted by Crippen LogP contribution is -2.29. The Balaban J connectivity index is 2.90. The topological polar surface area (TPSA) is 82.8 Å². The number of hydrogen-bond acceptors (Lipinski definition) is 5. The summed E-state index contributed by atoms with van der Waals surface area (Å²) in [5.41, 5.74) is 6.34. The van der Waals surface area contributed by atoms with Crippen molar-refractivity contribution in [3.8, 4) is 17.2 Å². The first-order valence-corrected chi connectivity index (χ1v) is 6.33. The molecule has 1 atom stereocenters. The Morgan fingerprint density at radius 2 is 1.75 bits per heavy atom. The van der Waals surface area contributed by atoms with Gasteiger partial charge >= 0.3 is 0 Å². The maximum Gasteiger partial charge on any atom is 0.221 e. The molecule has 0 saturated heterocycles. The van der Waals surface area contributed by atoms with Crippen LogP contribution in [0.25, 0.3) is 0 Å². The van der Waals surface area contributed by atoms with Crippen molar-refractivity contribution in [2.24, 2.45) is 5.73 Å². The normalized spacial score (nSPS) is 11.7. The molecular formula is C14H22N2O4. The summed E-state index contributed by atoms with van der Waals surface area (Å²) >= 11 is 0. The van der Waals surface area contributed by atoms with Crippen molar-refractivity contribution >= 4 is 5.91 Å². The van der Waals surface area contributed by atoms with E-state index >= 15 is 0 Å². The van der Waals surface area contributed by atoms with E-state index in [4.69, 9.17) is 19.9 Å². The number of rotatable bonds is 7. The van der Waals surface area contributed by atoms with Gasteiger partial charge in [-0.25, -0.2) is 0 Å². The van der Waals surface area contributed by atoms with E-state index in [1.54, 1.807) is 40.4 Å². The van der Waals surface area contributed by atoms with Gasteiger partial charge in [0.15, 0.2) is 0 Å². The van der Waals surface area contributed by atoms with Crippen LogP contribution in [0.4, 0.5) is 0 Å². The van der Waals surface area contributed by atoms with Crippen molar-refractivity contribution in [2.75, 3.05) is 21.3 Å². The summed E-state index contributed by atoms with van der Waals surface area (Å²) in [6.07, 6.45) is 0.279. The molecule has 0 aliphatic carbocycles. The van der Waals surface area contributed by atoms with E-state index in [9.17, 15) is 4.79 Å². The van der Waals surface area contributed by atoms with E-state index in [0.29, 0.717) is 23.8 Å². The number of benzene rings is 1. The highest BCUT2D eigenvalue weighted by atomic mass is 16.5. The molecule has 3 N–H and O–H groups in total. The average Bonchev–Trinajstić information content (AvgIpc) is 2.43. The third kappa shape index (κ3) is 4.31. The van der Waals surface area contributed by atoms with E-state index in [0.717, 1.165) is 5.56 Å². The second-order valence-electron chi connectivity index (χ2n) is 4.47. The number of nitrogens with one attached hydrogen (secondary N) is 1. The van der Waals surface area contributed by atoms with Crippen molar-refractivity contribution in [3.63, 3.8) is 0 Å². The smallest absolute Gasteiger partial charge is 0.221 e.